The molecule has 0 atom stereocenters. The molecule has 0 saturated heterocycles. The summed E-state index contributed by atoms with van der Waals surface area (Å²) in [5.41, 5.74) is 1.28. The van der Waals surface area contributed by atoms with Crippen molar-refractivity contribution in [2.45, 2.75) is 13.5 Å². The molecule has 0 aliphatic rings. The third-order valence-electron chi connectivity index (χ3n) is 3.58. The second-order valence-electron chi connectivity index (χ2n) is 5.33. The number of benzene rings is 1. The van der Waals surface area contributed by atoms with Crippen molar-refractivity contribution >= 4 is 21.6 Å². The number of furan rings is 1. The molecular formula is C17H12FN3O2S. The molecule has 0 radical (unpaired) electrons. The van der Waals surface area contributed by atoms with E-state index in [9.17, 15) is 9.18 Å². The Morgan fingerprint density at radius 2 is 2.17 bits per heavy atom. The molecule has 0 unspecified atom stereocenters. The first-order valence-corrected chi connectivity index (χ1v) is 8.10. The lowest BCUT2D eigenvalue weighted by Crippen LogP contribution is -2.24. The molecule has 3 heterocycles. The van der Waals surface area contributed by atoms with E-state index < -0.39 is 0 Å². The summed E-state index contributed by atoms with van der Waals surface area (Å²) >= 11 is 1.40. The van der Waals surface area contributed by atoms with E-state index in [-0.39, 0.29) is 17.9 Å². The molecule has 0 bridgehead atoms. The number of halogens is 1. The summed E-state index contributed by atoms with van der Waals surface area (Å²) in [5, 5.41) is 5.22. The largest absolute Gasteiger partial charge is 0.463 e. The van der Waals surface area contributed by atoms with Gasteiger partial charge in [0.2, 0.25) is 0 Å². The van der Waals surface area contributed by atoms with Crippen molar-refractivity contribution < 1.29 is 8.81 Å². The third-order valence-corrected chi connectivity index (χ3v) is 4.56. The number of hydrogen-bond donors (Lipinski definition) is 0. The second-order valence-corrected chi connectivity index (χ2v) is 6.53. The summed E-state index contributed by atoms with van der Waals surface area (Å²) in [6.45, 7) is 2.00. The minimum Gasteiger partial charge on any atom is -0.463 e. The third kappa shape index (κ3) is 2.52. The van der Waals surface area contributed by atoms with Crippen LogP contribution in [0.4, 0.5) is 4.39 Å². The van der Waals surface area contributed by atoms with Crippen LogP contribution >= 0.6 is 11.3 Å². The molecule has 0 saturated carbocycles. The van der Waals surface area contributed by atoms with Gasteiger partial charge < -0.3 is 4.42 Å². The van der Waals surface area contributed by atoms with Crippen molar-refractivity contribution in [3.63, 3.8) is 0 Å². The maximum atomic E-state index is 13.4. The van der Waals surface area contributed by atoms with Gasteiger partial charge in [-0.15, -0.1) is 11.3 Å². The first-order chi connectivity index (χ1) is 11.6. The van der Waals surface area contributed by atoms with Crippen LogP contribution in [0.3, 0.4) is 0 Å². The Labute approximate surface area is 140 Å². The molecule has 120 valence electrons. The van der Waals surface area contributed by atoms with E-state index in [2.05, 4.69) is 10.1 Å². The van der Waals surface area contributed by atoms with Crippen LogP contribution in [-0.4, -0.2) is 14.8 Å². The first-order valence-electron chi connectivity index (χ1n) is 7.28. The maximum absolute atomic E-state index is 13.4. The van der Waals surface area contributed by atoms with Gasteiger partial charge in [0.1, 0.15) is 11.5 Å². The van der Waals surface area contributed by atoms with Crippen molar-refractivity contribution in [1.29, 1.82) is 0 Å². The van der Waals surface area contributed by atoms with Crippen molar-refractivity contribution in [3.05, 3.63) is 69.4 Å². The van der Waals surface area contributed by atoms with Crippen LogP contribution in [-0.2, 0) is 6.54 Å². The van der Waals surface area contributed by atoms with Crippen LogP contribution in [0.15, 0.2) is 51.9 Å². The molecule has 0 aliphatic carbocycles. The average molecular weight is 341 g/mol. The molecule has 0 amide bonds. The van der Waals surface area contributed by atoms with Gasteiger partial charge in [0, 0.05) is 0 Å². The SMILES string of the molecule is Cc1nc2c(=O)n(Cc3cccc(F)c3)nc(-c3ccco3)c2s1. The molecule has 0 spiro atoms. The average Bonchev–Trinajstić information content (AvgIpc) is 3.20. The first kappa shape index (κ1) is 14.8. The second kappa shape index (κ2) is 5.68. The predicted octanol–water partition coefficient (Wildman–Crippen LogP) is 3.61. The quantitative estimate of drug-likeness (QED) is 0.571. The number of nitrogens with zero attached hydrogens (tertiary/aromatic N) is 3. The fraction of sp³-hybridized carbons (Fsp3) is 0.118. The minimum atomic E-state index is -0.350. The van der Waals surface area contributed by atoms with Crippen LogP contribution < -0.4 is 5.56 Å². The summed E-state index contributed by atoms with van der Waals surface area (Å²) < 4.78 is 20.8. The number of rotatable bonds is 3. The number of thiazole rings is 1. The van der Waals surface area contributed by atoms with Gasteiger partial charge in [0.25, 0.3) is 5.56 Å². The van der Waals surface area contributed by atoms with Gasteiger partial charge in [0.05, 0.1) is 22.5 Å². The standard InChI is InChI=1S/C17H12FN3O2S/c1-10-19-15-16(24-10)14(13-6-3-7-23-13)20-21(17(15)22)9-11-4-2-5-12(18)8-11/h2-8H,9H2,1H3. The van der Waals surface area contributed by atoms with Crippen LogP contribution in [0.1, 0.15) is 10.6 Å². The smallest absolute Gasteiger partial charge is 0.294 e. The molecule has 7 heteroatoms. The minimum absolute atomic E-state index is 0.164. The zero-order chi connectivity index (χ0) is 16.7. The van der Waals surface area contributed by atoms with E-state index in [1.54, 1.807) is 30.5 Å². The fourth-order valence-electron chi connectivity index (χ4n) is 2.56. The molecule has 0 fully saturated rings. The highest BCUT2D eigenvalue weighted by atomic mass is 32.1. The van der Waals surface area contributed by atoms with E-state index in [1.165, 1.54) is 28.2 Å². The zero-order valence-corrected chi connectivity index (χ0v) is 13.5. The molecule has 1 aromatic carbocycles. The normalized spacial score (nSPS) is 11.2. The zero-order valence-electron chi connectivity index (χ0n) is 12.7. The molecule has 4 aromatic rings. The number of fused-ring (bicyclic) bond motifs is 1. The van der Waals surface area contributed by atoms with Gasteiger partial charge in [0.15, 0.2) is 11.3 Å². The highest BCUT2D eigenvalue weighted by Gasteiger charge is 2.18. The summed E-state index contributed by atoms with van der Waals surface area (Å²) in [4.78, 5) is 17.0. The van der Waals surface area contributed by atoms with Crippen LogP contribution in [0.2, 0.25) is 0 Å². The van der Waals surface area contributed by atoms with Gasteiger partial charge >= 0.3 is 0 Å². The molecule has 0 aliphatic heterocycles. The van der Waals surface area contributed by atoms with Gasteiger partial charge in [-0.3, -0.25) is 4.79 Å². The maximum Gasteiger partial charge on any atom is 0.294 e. The van der Waals surface area contributed by atoms with Gasteiger partial charge in [-0.2, -0.15) is 5.10 Å². The Bertz CT molecular complexity index is 1080. The highest BCUT2D eigenvalue weighted by Crippen LogP contribution is 2.29. The monoisotopic (exact) mass is 341 g/mol. The van der Waals surface area contributed by atoms with E-state index in [0.717, 1.165) is 5.01 Å². The van der Waals surface area contributed by atoms with Crippen molar-refractivity contribution in [3.8, 4) is 11.5 Å². The van der Waals surface area contributed by atoms with Crippen LogP contribution in [0.25, 0.3) is 21.7 Å². The molecule has 0 N–H and O–H groups in total. The Kier molecular flexibility index (Phi) is 3.50. The Morgan fingerprint density at radius 3 is 2.92 bits per heavy atom. The Morgan fingerprint density at radius 1 is 1.29 bits per heavy atom. The molecule has 5 nitrogen and oxygen atoms in total. The molecule has 3 aromatic heterocycles. The Hall–Kier alpha value is -2.80. The lowest BCUT2D eigenvalue weighted by Gasteiger charge is -2.07. The van der Waals surface area contributed by atoms with Crippen LogP contribution in [0, 0.1) is 12.7 Å². The lowest BCUT2D eigenvalue weighted by atomic mass is 10.2. The topological polar surface area (TPSA) is 60.9 Å². The van der Waals surface area contributed by atoms with Crippen molar-refractivity contribution in [1.82, 2.24) is 14.8 Å². The summed E-state index contributed by atoms with van der Waals surface area (Å²) in [6, 6.07) is 9.65. The highest BCUT2D eigenvalue weighted by molar-refractivity contribution is 7.19. The molecule has 4 rings (SSSR count). The van der Waals surface area contributed by atoms with E-state index in [4.69, 9.17) is 4.42 Å². The number of aromatic nitrogens is 3. The van der Waals surface area contributed by atoms with E-state index >= 15 is 0 Å². The van der Waals surface area contributed by atoms with E-state index in [1.807, 2.05) is 6.92 Å². The Balaban J connectivity index is 1.92. The van der Waals surface area contributed by atoms with E-state index in [0.29, 0.717) is 27.2 Å². The molecule has 24 heavy (non-hydrogen) atoms. The van der Waals surface area contributed by atoms with Crippen molar-refractivity contribution in [2.75, 3.05) is 0 Å². The summed E-state index contributed by atoms with van der Waals surface area (Å²) in [5.74, 6) is 0.217. The lowest BCUT2D eigenvalue weighted by molar-refractivity contribution is 0.571. The summed E-state index contributed by atoms with van der Waals surface area (Å²) in [6.07, 6.45) is 1.55. The number of hydrogen-bond acceptors (Lipinski definition) is 5. The van der Waals surface area contributed by atoms with Gasteiger partial charge in [-0.25, -0.2) is 14.1 Å². The molecular weight excluding hydrogens is 329 g/mol. The predicted molar refractivity (Wildman–Crippen MR) is 89.6 cm³/mol. The van der Waals surface area contributed by atoms with Gasteiger partial charge in [-0.1, -0.05) is 12.1 Å². The summed E-state index contributed by atoms with van der Waals surface area (Å²) in [7, 11) is 0. The van der Waals surface area contributed by atoms with Crippen molar-refractivity contribution in [2.24, 2.45) is 0 Å². The van der Waals surface area contributed by atoms with Crippen LogP contribution in [0.5, 0.6) is 0 Å². The fourth-order valence-corrected chi connectivity index (χ4v) is 3.46. The number of aryl methyl sites for hydroxylation is 1. The van der Waals surface area contributed by atoms with Gasteiger partial charge in [-0.05, 0) is 36.8 Å².